The SMILES string of the molecule is CCCC(=NNC(=O)CNc1ccc(OCC)cc1)c1ccccc1. The molecular weight excluding hydrogens is 314 g/mol. The summed E-state index contributed by atoms with van der Waals surface area (Å²) in [6, 6.07) is 17.4. The van der Waals surface area contributed by atoms with E-state index in [0.29, 0.717) is 6.61 Å². The fourth-order valence-corrected chi connectivity index (χ4v) is 2.32. The molecule has 2 rings (SSSR count). The summed E-state index contributed by atoms with van der Waals surface area (Å²) in [5.41, 5.74) is 5.41. The Morgan fingerprint density at radius 2 is 1.76 bits per heavy atom. The van der Waals surface area contributed by atoms with Crippen LogP contribution in [0.15, 0.2) is 59.7 Å². The van der Waals surface area contributed by atoms with Crippen LogP contribution in [0.5, 0.6) is 5.75 Å². The molecular formula is C20H25N3O2. The molecule has 0 atom stereocenters. The second kappa shape index (κ2) is 10.1. The molecule has 0 saturated carbocycles. The molecule has 0 aliphatic carbocycles. The Labute approximate surface area is 149 Å². The average molecular weight is 339 g/mol. The fourth-order valence-electron chi connectivity index (χ4n) is 2.32. The molecule has 5 heteroatoms. The number of rotatable bonds is 9. The van der Waals surface area contributed by atoms with Gasteiger partial charge < -0.3 is 10.1 Å². The summed E-state index contributed by atoms with van der Waals surface area (Å²) in [4.78, 5) is 12.0. The lowest BCUT2D eigenvalue weighted by Gasteiger charge is -2.09. The van der Waals surface area contributed by atoms with Crippen molar-refractivity contribution in [2.45, 2.75) is 26.7 Å². The van der Waals surface area contributed by atoms with E-state index in [9.17, 15) is 4.79 Å². The van der Waals surface area contributed by atoms with Gasteiger partial charge in [0.25, 0.3) is 5.91 Å². The van der Waals surface area contributed by atoms with Crippen LogP contribution in [-0.4, -0.2) is 24.8 Å². The van der Waals surface area contributed by atoms with Gasteiger partial charge in [0.2, 0.25) is 0 Å². The first kappa shape index (κ1) is 18.5. The minimum Gasteiger partial charge on any atom is -0.494 e. The van der Waals surface area contributed by atoms with Crippen molar-refractivity contribution in [1.29, 1.82) is 0 Å². The maximum absolute atomic E-state index is 12.0. The predicted octanol–water partition coefficient (Wildman–Crippen LogP) is 3.82. The molecule has 0 bridgehead atoms. The number of hydrogen-bond donors (Lipinski definition) is 2. The van der Waals surface area contributed by atoms with Gasteiger partial charge in [-0.05, 0) is 43.2 Å². The van der Waals surface area contributed by atoms with E-state index in [0.717, 1.165) is 35.6 Å². The lowest BCUT2D eigenvalue weighted by Crippen LogP contribution is -2.27. The van der Waals surface area contributed by atoms with E-state index < -0.39 is 0 Å². The van der Waals surface area contributed by atoms with E-state index in [2.05, 4.69) is 22.8 Å². The summed E-state index contributed by atoms with van der Waals surface area (Å²) in [5, 5.41) is 7.36. The first-order valence-corrected chi connectivity index (χ1v) is 8.60. The molecule has 2 aromatic carbocycles. The highest BCUT2D eigenvalue weighted by atomic mass is 16.5. The minimum absolute atomic E-state index is 0.158. The molecule has 2 aromatic rings. The standard InChI is InChI=1S/C20H25N3O2/c1-3-8-19(16-9-6-5-7-10-16)22-23-20(24)15-21-17-11-13-18(14-12-17)25-4-2/h5-7,9-14,21H,3-4,8,15H2,1-2H3,(H,23,24). The molecule has 0 aliphatic heterocycles. The molecule has 0 radical (unpaired) electrons. The Balaban J connectivity index is 1.87. The van der Waals surface area contributed by atoms with Crippen molar-refractivity contribution in [1.82, 2.24) is 5.43 Å². The van der Waals surface area contributed by atoms with Gasteiger partial charge in [-0.2, -0.15) is 5.10 Å². The van der Waals surface area contributed by atoms with E-state index in [-0.39, 0.29) is 12.5 Å². The lowest BCUT2D eigenvalue weighted by molar-refractivity contribution is -0.119. The lowest BCUT2D eigenvalue weighted by atomic mass is 10.1. The monoisotopic (exact) mass is 339 g/mol. The van der Waals surface area contributed by atoms with Crippen molar-refractivity contribution in [3.05, 3.63) is 60.2 Å². The van der Waals surface area contributed by atoms with Gasteiger partial charge in [-0.3, -0.25) is 4.79 Å². The number of hydrogen-bond acceptors (Lipinski definition) is 4. The van der Waals surface area contributed by atoms with Gasteiger partial charge in [0.1, 0.15) is 5.75 Å². The van der Waals surface area contributed by atoms with Crippen LogP contribution in [0, 0.1) is 0 Å². The summed E-state index contributed by atoms with van der Waals surface area (Å²) in [7, 11) is 0. The number of ether oxygens (including phenoxy) is 1. The Morgan fingerprint density at radius 3 is 2.40 bits per heavy atom. The number of nitrogens with one attached hydrogen (secondary N) is 2. The maximum atomic E-state index is 12.0. The van der Waals surface area contributed by atoms with Crippen molar-refractivity contribution < 1.29 is 9.53 Å². The third-order valence-electron chi connectivity index (χ3n) is 3.53. The Bertz CT molecular complexity index is 682. The van der Waals surface area contributed by atoms with Crippen LogP contribution < -0.4 is 15.5 Å². The molecule has 0 heterocycles. The first-order chi connectivity index (χ1) is 12.2. The highest BCUT2D eigenvalue weighted by molar-refractivity contribution is 6.01. The molecule has 0 saturated heterocycles. The molecule has 5 nitrogen and oxygen atoms in total. The Hall–Kier alpha value is -2.82. The summed E-state index contributed by atoms with van der Waals surface area (Å²) < 4.78 is 5.39. The molecule has 2 N–H and O–H groups in total. The third-order valence-corrected chi connectivity index (χ3v) is 3.53. The topological polar surface area (TPSA) is 62.7 Å². The summed E-state index contributed by atoms with van der Waals surface area (Å²) in [5.74, 6) is 0.632. The zero-order valence-electron chi connectivity index (χ0n) is 14.8. The van der Waals surface area contributed by atoms with Gasteiger partial charge in [-0.1, -0.05) is 43.7 Å². The highest BCUT2D eigenvalue weighted by Gasteiger charge is 2.05. The van der Waals surface area contributed by atoms with Crippen LogP contribution in [-0.2, 0) is 4.79 Å². The molecule has 132 valence electrons. The van der Waals surface area contributed by atoms with E-state index in [1.807, 2.05) is 61.5 Å². The van der Waals surface area contributed by atoms with E-state index in [1.54, 1.807) is 0 Å². The molecule has 1 amide bonds. The van der Waals surface area contributed by atoms with Gasteiger partial charge in [0.15, 0.2) is 0 Å². The summed E-state index contributed by atoms with van der Waals surface area (Å²) in [6.45, 7) is 4.83. The fraction of sp³-hybridized carbons (Fsp3) is 0.300. The molecule has 25 heavy (non-hydrogen) atoms. The zero-order chi connectivity index (χ0) is 17.9. The smallest absolute Gasteiger partial charge is 0.259 e. The summed E-state index contributed by atoms with van der Waals surface area (Å²) in [6.07, 6.45) is 1.78. The van der Waals surface area contributed by atoms with Crippen LogP contribution in [0.2, 0.25) is 0 Å². The number of benzene rings is 2. The van der Waals surface area contributed by atoms with Crippen LogP contribution in [0.4, 0.5) is 5.69 Å². The van der Waals surface area contributed by atoms with Gasteiger partial charge in [0.05, 0.1) is 18.9 Å². The number of nitrogens with zero attached hydrogens (tertiary/aromatic N) is 1. The number of carbonyl (C=O) groups excluding carboxylic acids is 1. The predicted molar refractivity (Wildman–Crippen MR) is 102 cm³/mol. The van der Waals surface area contributed by atoms with Gasteiger partial charge in [0, 0.05) is 5.69 Å². The van der Waals surface area contributed by atoms with Crippen LogP contribution in [0.25, 0.3) is 0 Å². The van der Waals surface area contributed by atoms with E-state index >= 15 is 0 Å². The third kappa shape index (κ3) is 6.30. The van der Waals surface area contributed by atoms with Crippen molar-refractivity contribution in [2.75, 3.05) is 18.5 Å². The average Bonchev–Trinajstić information content (AvgIpc) is 2.65. The van der Waals surface area contributed by atoms with Crippen molar-refractivity contribution >= 4 is 17.3 Å². The molecule has 0 spiro atoms. The number of amides is 1. The Morgan fingerprint density at radius 1 is 1.04 bits per heavy atom. The van der Waals surface area contributed by atoms with Crippen LogP contribution in [0.1, 0.15) is 32.3 Å². The molecule has 0 fully saturated rings. The first-order valence-electron chi connectivity index (χ1n) is 8.60. The largest absolute Gasteiger partial charge is 0.494 e. The number of hydrazone groups is 1. The van der Waals surface area contributed by atoms with Crippen molar-refractivity contribution in [3.63, 3.8) is 0 Å². The normalized spacial score (nSPS) is 11.0. The van der Waals surface area contributed by atoms with Gasteiger partial charge >= 0.3 is 0 Å². The maximum Gasteiger partial charge on any atom is 0.259 e. The Kier molecular flexibility index (Phi) is 7.50. The zero-order valence-corrected chi connectivity index (χ0v) is 14.8. The molecule has 0 unspecified atom stereocenters. The van der Waals surface area contributed by atoms with Crippen molar-refractivity contribution in [2.24, 2.45) is 5.10 Å². The highest BCUT2D eigenvalue weighted by Crippen LogP contribution is 2.15. The van der Waals surface area contributed by atoms with Crippen molar-refractivity contribution in [3.8, 4) is 5.75 Å². The van der Waals surface area contributed by atoms with Crippen LogP contribution >= 0.6 is 0 Å². The minimum atomic E-state index is -0.182. The van der Waals surface area contributed by atoms with Gasteiger partial charge in [-0.25, -0.2) is 5.43 Å². The van der Waals surface area contributed by atoms with Gasteiger partial charge in [-0.15, -0.1) is 0 Å². The van der Waals surface area contributed by atoms with E-state index in [1.165, 1.54) is 0 Å². The number of carbonyl (C=O) groups is 1. The summed E-state index contributed by atoms with van der Waals surface area (Å²) >= 11 is 0. The van der Waals surface area contributed by atoms with E-state index in [4.69, 9.17) is 4.74 Å². The number of anilines is 1. The second-order valence-electron chi connectivity index (χ2n) is 5.52. The second-order valence-corrected chi connectivity index (χ2v) is 5.52. The van der Waals surface area contributed by atoms with Crippen LogP contribution in [0.3, 0.4) is 0 Å². The molecule has 0 aliphatic rings. The molecule has 0 aromatic heterocycles. The quantitative estimate of drug-likeness (QED) is 0.539.